The van der Waals surface area contributed by atoms with Crippen molar-refractivity contribution in [3.8, 4) is 6.07 Å². The van der Waals surface area contributed by atoms with E-state index in [-0.39, 0.29) is 11.5 Å². The van der Waals surface area contributed by atoms with Crippen molar-refractivity contribution < 1.29 is 4.79 Å². The first kappa shape index (κ1) is 21.0. The van der Waals surface area contributed by atoms with Crippen LogP contribution in [0.3, 0.4) is 0 Å². The number of anilines is 1. The van der Waals surface area contributed by atoms with Crippen molar-refractivity contribution in [2.75, 3.05) is 44.7 Å². The summed E-state index contributed by atoms with van der Waals surface area (Å²) in [6.07, 6.45) is 8.44. The average Bonchev–Trinajstić information content (AvgIpc) is 3.56. The van der Waals surface area contributed by atoms with Crippen molar-refractivity contribution in [3.05, 3.63) is 33.9 Å². The molecular weight excluding hydrogens is 404 g/mol. The van der Waals surface area contributed by atoms with Gasteiger partial charge in [-0.05, 0) is 76.1 Å². The summed E-state index contributed by atoms with van der Waals surface area (Å²) in [5.41, 5.74) is 1.73. The fourth-order valence-corrected chi connectivity index (χ4v) is 5.21. The van der Waals surface area contributed by atoms with Crippen LogP contribution in [-0.4, -0.2) is 60.5 Å². The Bertz CT molecular complexity index is 1130. The highest BCUT2D eigenvalue weighted by Crippen LogP contribution is 2.54. The van der Waals surface area contributed by atoms with Crippen LogP contribution in [-0.2, 0) is 0 Å². The molecule has 8 heteroatoms. The molecule has 3 aliphatic rings. The number of hydrogen-bond donors (Lipinski definition) is 2. The maximum absolute atomic E-state index is 12.9. The van der Waals surface area contributed by atoms with Crippen molar-refractivity contribution in [1.29, 1.82) is 5.26 Å². The first-order valence-electron chi connectivity index (χ1n) is 11.7. The van der Waals surface area contributed by atoms with Crippen molar-refractivity contribution in [2.45, 2.75) is 38.5 Å². The molecule has 5 rings (SSSR count). The van der Waals surface area contributed by atoms with E-state index in [2.05, 4.69) is 38.2 Å². The van der Waals surface area contributed by atoms with E-state index in [4.69, 9.17) is 0 Å². The molecule has 2 saturated heterocycles. The Morgan fingerprint density at radius 3 is 2.62 bits per heavy atom. The highest BCUT2D eigenvalue weighted by atomic mass is 16.2. The summed E-state index contributed by atoms with van der Waals surface area (Å²) < 4.78 is 0. The first-order chi connectivity index (χ1) is 15.5. The van der Waals surface area contributed by atoms with Crippen LogP contribution in [0.2, 0.25) is 0 Å². The lowest BCUT2D eigenvalue weighted by Crippen LogP contribution is -2.37. The van der Waals surface area contributed by atoms with E-state index in [0.29, 0.717) is 40.2 Å². The Balaban J connectivity index is 1.42. The summed E-state index contributed by atoms with van der Waals surface area (Å²) >= 11 is 0. The Labute approximate surface area is 187 Å². The van der Waals surface area contributed by atoms with Crippen molar-refractivity contribution in [3.63, 3.8) is 0 Å². The molecule has 8 nitrogen and oxygen atoms in total. The third-order valence-corrected chi connectivity index (χ3v) is 7.70. The maximum atomic E-state index is 12.9. The first-order valence-corrected chi connectivity index (χ1v) is 11.7. The van der Waals surface area contributed by atoms with E-state index < -0.39 is 5.56 Å². The topological polar surface area (TPSA) is 105 Å². The van der Waals surface area contributed by atoms with Crippen LogP contribution in [0.5, 0.6) is 0 Å². The molecule has 1 spiro atoms. The number of nitrogens with one attached hydrogen (secondary N) is 2. The number of nitriles is 1. The number of nitrogens with zero attached hydrogens (tertiary/aromatic N) is 4. The van der Waals surface area contributed by atoms with E-state index in [9.17, 15) is 14.9 Å². The number of carbonyl (C=O) groups is 1. The molecule has 1 aliphatic carbocycles. The van der Waals surface area contributed by atoms with Gasteiger partial charge in [-0.2, -0.15) is 5.26 Å². The number of fused-ring (bicyclic) bond motifs is 1. The number of H-pyrrole nitrogens is 1. The van der Waals surface area contributed by atoms with E-state index in [1.54, 1.807) is 6.07 Å². The van der Waals surface area contributed by atoms with Gasteiger partial charge in [0.25, 0.3) is 11.5 Å². The summed E-state index contributed by atoms with van der Waals surface area (Å²) in [6, 6.07) is 3.83. The van der Waals surface area contributed by atoms with Crippen LogP contribution in [0.1, 0.15) is 54.6 Å². The summed E-state index contributed by atoms with van der Waals surface area (Å²) in [7, 11) is 2.12. The number of hydrogen-bond acceptors (Lipinski definition) is 6. The molecule has 2 aromatic heterocycles. The number of amides is 1. The van der Waals surface area contributed by atoms with Crippen LogP contribution in [0, 0.1) is 22.7 Å². The lowest BCUT2D eigenvalue weighted by molar-refractivity contribution is 0.0934. The van der Waals surface area contributed by atoms with E-state index in [1.165, 1.54) is 19.0 Å². The predicted octanol–water partition coefficient (Wildman–Crippen LogP) is 2.25. The molecule has 0 radical (unpaired) electrons. The second kappa shape index (κ2) is 8.21. The molecule has 2 aromatic rings. The summed E-state index contributed by atoms with van der Waals surface area (Å²) in [6.45, 7) is 4.40. The Morgan fingerprint density at radius 2 is 1.97 bits per heavy atom. The second-order valence-corrected chi connectivity index (χ2v) is 9.85. The zero-order valence-corrected chi connectivity index (χ0v) is 18.6. The summed E-state index contributed by atoms with van der Waals surface area (Å²) in [5.74, 6) is 0.271. The normalized spacial score (nSPS) is 20.9. The summed E-state index contributed by atoms with van der Waals surface area (Å²) in [5, 5.41) is 13.5. The Kier molecular flexibility index (Phi) is 5.38. The number of piperidine rings is 2. The fraction of sp³-hybridized carbons (Fsp3) is 0.583. The van der Waals surface area contributed by atoms with Gasteiger partial charge < -0.3 is 20.1 Å². The second-order valence-electron chi connectivity index (χ2n) is 9.85. The smallest absolute Gasteiger partial charge is 0.269 e. The van der Waals surface area contributed by atoms with Gasteiger partial charge in [0.05, 0.1) is 17.4 Å². The third-order valence-electron chi connectivity index (χ3n) is 7.70. The van der Waals surface area contributed by atoms with Gasteiger partial charge in [0.15, 0.2) is 0 Å². The van der Waals surface area contributed by atoms with E-state index in [0.717, 1.165) is 51.9 Å². The summed E-state index contributed by atoms with van der Waals surface area (Å²) in [4.78, 5) is 37.0. The Morgan fingerprint density at radius 1 is 1.25 bits per heavy atom. The highest BCUT2D eigenvalue weighted by molar-refractivity contribution is 6.00. The molecule has 2 aliphatic heterocycles. The van der Waals surface area contributed by atoms with Crippen LogP contribution in [0.15, 0.2) is 17.1 Å². The lowest BCUT2D eigenvalue weighted by Gasteiger charge is -2.34. The van der Waals surface area contributed by atoms with E-state index in [1.807, 2.05) is 0 Å². The molecule has 3 fully saturated rings. The van der Waals surface area contributed by atoms with Gasteiger partial charge in [-0.1, -0.05) is 0 Å². The van der Waals surface area contributed by atoms with Gasteiger partial charge >= 0.3 is 0 Å². The van der Waals surface area contributed by atoms with Crippen LogP contribution in [0.4, 0.5) is 5.69 Å². The molecule has 32 heavy (non-hydrogen) atoms. The quantitative estimate of drug-likeness (QED) is 0.765. The van der Waals surface area contributed by atoms with Crippen molar-refractivity contribution in [2.24, 2.45) is 11.3 Å². The minimum atomic E-state index is -0.400. The predicted molar refractivity (Wildman–Crippen MR) is 123 cm³/mol. The third kappa shape index (κ3) is 3.97. The van der Waals surface area contributed by atoms with Crippen molar-refractivity contribution in [1.82, 2.24) is 20.2 Å². The molecule has 0 unspecified atom stereocenters. The lowest BCUT2D eigenvalue weighted by atomic mass is 9.92. The molecule has 2 N–H and O–H groups in total. The molecule has 168 valence electrons. The van der Waals surface area contributed by atoms with E-state index >= 15 is 0 Å². The monoisotopic (exact) mass is 434 g/mol. The van der Waals surface area contributed by atoms with Gasteiger partial charge in [-0.15, -0.1) is 0 Å². The minimum absolute atomic E-state index is 0.119. The number of aromatic amines is 1. The number of rotatable bonds is 4. The molecule has 1 saturated carbocycles. The van der Waals surface area contributed by atoms with Gasteiger partial charge in [0, 0.05) is 25.0 Å². The molecule has 1 amide bonds. The molecule has 4 heterocycles. The highest BCUT2D eigenvalue weighted by Gasteiger charge is 2.44. The number of carbonyl (C=O) groups excluding carboxylic acids is 1. The minimum Gasteiger partial charge on any atom is -0.370 e. The zero-order valence-electron chi connectivity index (χ0n) is 18.6. The molecule has 0 atom stereocenters. The van der Waals surface area contributed by atoms with Crippen LogP contribution in [0.25, 0.3) is 10.9 Å². The number of aromatic nitrogens is 2. The van der Waals surface area contributed by atoms with Crippen LogP contribution < -0.4 is 15.8 Å². The standard InChI is InChI=1S/C24H30N6O2/c1-29-8-2-16(3-9-29)14-27-23(32)19-12-17-20(15-26-19)28-22(31)18(13-25)21(17)30-10-6-24(4-5-24)7-11-30/h12,15-16H,2-11,14H2,1H3,(H,27,32)(H,28,31). The number of pyridine rings is 2. The van der Waals surface area contributed by atoms with Gasteiger partial charge in [0.2, 0.25) is 0 Å². The largest absolute Gasteiger partial charge is 0.370 e. The van der Waals surface area contributed by atoms with Gasteiger partial charge in [0.1, 0.15) is 17.3 Å². The van der Waals surface area contributed by atoms with Gasteiger partial charge in [-0.25, -0.2) is 4.98 Å². The van der Waals surface area contributed by atoms with Crippen LogP contribution >= 0.6 is 0 Å². The zero-order chi connectivity index (χ0) is 22.3. The van der Waals surface area contributed by atoms with Gasteiger partial charge in [-0.3, -0.25) is 9.59 Å². The number of likely N-dealkylation sites (tertiary alicyclic amines) is 1. The Hall–Kier alpha value is -2.92. The van der Waals surface area contributed by atoms with Crippen molar-refractivity contribution >= 4 is 22.5 Å². The maximum Gasteiger partial charge on any atom is 0.269 e. The molecule has 0 aromatic carbocycles. The average molecular weight is 435 g/mol. The molecule has 0 bridgehead atoms. The fourth-order valence-electron chi connectivity index (χ4n) is 5.21. The molecular formula is C24H30N6O2. The SMILES string of the molecule is CN1CCC(CNC(=O)c2cc3c(N4CCC5(CC4)CC5)c(C#N)c(=O)[nH]c3cn2)CC1.